The number of methoxy groups -OCH3 is 1. The van der Waals surface area contributed by atoms with Gasteiger partial charge < -0.3 is 15.4 Å². The molecule has 0 aromatic heterocycles. The molecule has 1 fully saturated rings. The number of carbonyl (C=O) groups excluding carboxylic acids is 1. The standard InChI is InChI=1S/C15H23N3O4S/c1-11(2)10-16-15(19)17-12-5-6-13(14(9-12)22-3)18-7-4-8-23(18,20)21/h5-6,9,11H,4,7-8,10H2,1-3H3,(H2,16,17,19). The van der Waals surface area contributed by atoms with E-state index in [1.54, 1.807) is 18.2 Å². The number of carbonyl (C=O) groups is 1. The van der Waals surface area contributed by atoms with Gasteiger partial charge in [-0.3, -0.25) is 4.31 Å². The van der Waals surface area contributed by atoms with E-state index in [1.165, 1.54) is 11.4 Å². The van der Waals surface area contributed by atoms with Crippen molar-refractivity contribution < 1.29 is 17.9 Å². The summed E-state index contributed by atoms with van der Waals surface area (Å²) in [5, 5.41) is 5.47. The molecule has 1 aliphatic rings. The van der Waals surface area contributed by atoms with Crippen LogP contribution >= 0.6 is 0 Å². The lowest BCUT2D eigenvalue weighted by molar-refractivity contribution is 0.251. The van der Waals surface area contributed by atoms with Gasteiger partial charge in [0.05, 0.1) is 18.6 Å². The molecule has 0 aliphatic carbocycles. The topological polar surface area (TPSA) is 87.7 Å². The van der Waals surface area contributed by atoms with Gasteiger partial charge in [-0.15, -0.1) is 0 Å². The van der Waals surface area contributed by atoms with Crippen molar-refractivity contribution in [2.75, 3.05) is 35.6 Å². The SMILES string of the molecule is COc1cc(NC(=O)NCC(C)C)ccc1N1CCCS1(=O)=O. The monoisotopic (exact) mass is 341 g/mol. The van der Waals surface area contributed by atoms with E-state index in [1.807, 2.05) is 13.8 Å². The van der Waals surface area contributed by atoms with Gasteiger partial charge in [-0.25, -0.2) is 13.2 Å². The third kappa shape index (κ3) is 4.28. The van der Waals surface area contributed by atoms with Crippen LogP contribution in [0.2, 0.25) is 0 Å². The fourth-order valence-electron chi connectivity index (χ4n) is 2.34. The van der Waals surface area contributed by atoms with Crippen molar-refractivity contribution in [2.24, 2.45) is 5.92 Å². The van der Waals surface area contributed by atoms with Gasteiger partial charge >= 0.3 is 6.03 Å². The quantitative estimate of drug-likeness (QED) is 0.857. The summed E-state index contributed by atoms with van der Waals surface area (Å²) in [5.74, 6) is 0.920. The number of benzene rings is 1. The molecular weight excluding hydrogens is 318 g/mol. The predicted molar refractivity (Wildman–Crippen MR) is 90.6 cm³/mol. The Bertz CT molecular complexity index is 673. The fourth-order valence-corrected chi connectivity index (χ4v) is 3.92. The van der Waals surface area contributed by atoms with Gasteiger partial charge in [0.25, 0.3) is 0 Å². The molecule has 0 atom stereocenters. The second-order valence-electron chi connectivity index (χ2n) is 5.86. The summed E-state index contributed by atoms with van der Waals surface area (Å²) in [4.78, 5) is 11.8. The number of nitrogens with zero attached hydrogens (tertiary/aromatic N) is 1. The van der Waals surface area contributed by atoms with E-state index in [0.717, 1.165) is 0 Å². The number of hydrogen-bond acceptors (Lipinski definition) is 4. The van der Waals surface area contributed by atoms with Crippen molar-refractivity contribution in [3.63, 3.8) is 0 Å². The predicted octanol–water partition coefficient (Wildman–Crippen LogP) is 2.01. The van der Waals surface area contributed by atoms with E-state index in [9.17, 15) is 13.2 Å². The molecule has 0 bridgehead atoms. The molecule has 1 saturated heterocycles. The average molecular weight is 341 g/mol. The van der Waals surface area contributed by atoms with Crippen LogP contribution in [-0.2, 0) is 10.0 Å². The molecular formula is C15H23N3O4S. The Labute approximate surface area is 137 Å². The highest BCUT2D eigenvalue weighted by Gasteiger charge is 2.30. The summed E-state index contributed by atoms with van der Waals surface area (Å²) in [6, 6.07) is 4.64. The van der Waals surface area contributed by atoms with Gasteiger partial charge in [-0.05, 0) is 24.5 Å². The number of urea groups is 1. The van der Waals surface area contributed by atoms with Crippen molar-refractivity contribution in [3.8, 4) is 5.75 Å². The summed E-state index contributed by atoms with van der Waals surface area (Å²) >= 11 is 0. The molecule has 7 nitrogen and oxygen atoms in total. The van der Waals surface area contributed by atoms with Crippen molar-refractivity contribution in [3.05, 3.63) is 18.2 Å². The second kappa shape index (κ2) is 7.08. The lowest BCUT2D eigenvalue weighted by Crippen LogP contribution is -2.31. The molecule has 128 valence electrons. The highest BCUT2D eigenvalue weighted by atomic mass is 32.2. The Kier molecular flexibility index (Phi) is 5.35. The molecule has 0 spiro atoms. The van der Waals surface area contributed by atoms with Crippen molar-refractivity contribution in [1.29, 1.82) is 0 Å². The van der Waals surface area contributed by atoms with Gasteiger partial charge in [0.2, 0.25) is 10.0 Å². The van der Waals surface area contributed by atoms with Gasteiger partial charge in [0, 0.05) is 24.8 Å². The minimum Gasteiger partial charge on any atom is -0.494 e. The van der Waals surface area contributed by atoms with Crippen molar-refractivity contribution in [1.82, 2.24) is 5.32 Å². The highest BCUT2D eigenvalue weighted by molar-refractivity contribution is 7.93. The van der Waals surface area contributed by atoms with E-state index >= 15 is 0 Å². The number of ether oxygens (including phenoxy) is 1. The molecule has 2 rings (SSSR count). The van der Waals surface area contributed by atoms with E-state index in [2.05, 4.69) is 10.6 Å². The maximum absolute atomic E-state index is 12.0. The molecule has 0 radical (unpaired) electrons. The maximum atomic E-state index is 12.0. The zero-order chi connectivity index (χ0) is 17.0. The summed E-state index contributed by atoms with van der Waals surface area (Å²) in [7, 11) is -1.80. The molecule has 1 heterocycles. The van der Waals surface area contributed by atoms with E-state index < -0.39 is 10.0 Å². The largest absolute Gasteiger partial charge is 0.494 e. The molecule has 0 unspecified atom stereocenters. The molecule has 8 heteroatoms. The first kappa shape index (κ1) is 17.4. The number of hydrogen-bond donors (Lipinski definition) is 2. The van der Waals surface area contributed by atoms with E-state index in [0.29, 0.717) is 42.6 Å². The minimum absolute atomic E-state index is 0.147. The van der Waals surface area contributed by atoms with E-state index in [4.69, 9.17) is 4.74 Å². The summed E-state index contributed by atoms with van der Waals surface area (Å²) in [6.07, 6.45) is 0.600. The molecule has 1 aromatic rings. The average Bonchev–Trinajstić information content (AvgIpc) is 2.84. The molecule has 23 heavy (non-hydrogen) atoms. The Morgan fingerprint density at radius 3 is 2.70 bits per heavy atom. The molecule has 2 amide bonds. The molecule has 0 saturated carbocycles. The van der Waals surface area contributed by atoms with Crippen LogP contribution in [0.5, 0.6) is 5.75 Å². The van der Waals surface area contributed by atoms with Crippen LogP contribution in [0.1, 0.15) is 20.3 Å². The number of nitrogens with one attached hydrogen (secondary N) is 2. The van der Waals surface area contributed by atoms with Crippen molar-refractivity contribution >= 4 is 27.4 Å². The van der Waals surface area contributed by atoms with Crippen LogP contribution in [0.3, 0.4) is 0 Å². The summed E-state index contributed by atoms with van der Waals surface area (Å²) in [5.41, 5.74) is 1.04. The Hall–Kier alpha value is -1.96. The smallest absolute Gasteiger partial charge is 0.319 e. The van der Waals surface area contributed by atoms with E-state index in [-0.39, 0.29) is 11.8 Å². The van der Waals surface area contributed by atoms with Gasteiger partial charge in [-0.2, -0.15) is 0 Å². The first-order chi connectivity index (χ1) is 10.8. The van der Waals surface area contributed by atoms with Crippen molar-refractivity contribution in [2.45, 2.75) is 20.3 Å². The molecule has 1 aliphatic heterocycles. The fraction of sp³-hybridized carbons (Fsp3) is 0.533. The van der Waals surface area contributed by atoms with Gasteiger partial charge in [0.15, 0.2) is 0 Å². The highest BCUT2D eigenvalue weighted by Crippen LogP contribution is 2.35. The number of amides is 2. The summed E-state index contributed by atoms with van der Waals surface area (Å²) in [6.45, 7) is 5.04. The second-order valence-corrected chi connectivity index (χ2v) is 7.87. The first-order valence-corrected chi connectivity index (χ1v) is 9.17. The minimum atomic E-state index is -3.27. The lowest BCUT2D eigenvalue weighted by Gasteiger charge is -2.20. The zero-order valence-corrected chi connectivity index (χ0v) is 14.4. The van der Waals surface area contributed by atoms with Crippen LogP contribution in [0.15, 0.2) is 18.2 Å². The van der Waals surface area contributed by atoms with Crippen LogP contribution in [0, 0.1) is 5.92 Å². The Balaban J connectivity index is 2.15. The third-order valence-electron chi connectivity index (χ3n) is 3.48. The molecule has 1 aromatic carbocycles. The number of anilines is 2. The maximum Gasteiger partial charge on any atom is 0.319 e. The molecule has 2 N–H and O–H groups in total. The lowest BCUT2D eigenvalue weighted by atomic mass is 10.2. The zero-order valence-electron chi connectivity index (χ0n) is 13.6. The van der Waals surface area contributed by atoms with Gasteiger partial charge in [0.1, 0.15) is 5.75 Å². The number of sulfonamides is 1. The third-order valence-corrected chi connectivity index (χ3v) is 5.33. The van der Waals surface area contributed by atoms with Crippen LogP contribution in [0.25, 0.3) is 0 Å². The Morgan fingerprint density at radius 1 is 1.39 bits per heavy atom. The summed E-state index contributed by atoms with van der Waals surface area (Å²) < 4.78 is 30.7. The Morgan fingerprint density at radius 2 is 2.13 bits per heavy atom. The van der Waals surface area contributed by atoms with Crippen LogP contribution in [0.4, 0.5) is 16.2 Å². The van der Waals surface area contributed by atoms with Crippen LogP contribution < -0.4 is 19.7 Å². The normalized spacial score (nSPS) is 16.4. The van der Waals surface area contributed by atoms with Gasteiger partial charge in [-0.1, -0.05) is 13.8 Å². The first-order valence-electron chi connectivity index (χ1n) is 7.57. The van der Waals surface area contributed by atoms with Crippen LogP contribution in [-0.4, -0.2) is 40.4 Å². The number of rotatable bonds is 5.